The van der Waals surface area contributed by atoms with Gasteiger partial charge in [0, 0.05) is 25.9 Å². The molecule has 1 aliphatic rings. The van der Waals surface area contributed by atoms with Gasteiger partial charge in [-0.15, -0.1) is 22.7 Å². The molecule has 2 aromatic rings. The normalized spacial score (nSPS) is 17.9. The van der Waals surface area contributed by atoms with Crippen LogP contribution in [0.3, 0.4) is 0 Å². The average molecular weight is 411 g/mol. The van der Waals surface area contributed by atoms with Crippen molar-refractivity contribution >= 4 is 22.7 Å². The number of aryl methyl sites for hydroxylation is 4. The van der Waals surface area contributed by atoms with Crippen LogP contribution in [0.5, 0.6) is 0 Å². The van der Waals surface area contributed by atoms with E-state index in [4.69, 9.17) is 18.9 Å². The van der Waals surface area contributed by atoms with Gasteiger partial charge in [0.25, 0.3) is 0 Å². The Morgan fingerprint density at radius 3 is 1.22 bits per heavy atom. The highest BCUT2D eigenvalue weighted by molar-refractivity contribution is 7.12. The lowest BCUT2D eigenvalue weighted by molar-refractivity contribution is -0.00616. The van der Waals surface area contributed by atoms with Crippen LogP contribution in [0.15, 0.2) is 0 Å². The first-order chi connectivity index (χ1) is 13.1. The van der Waals surface area contributed by atoms with E-state index in [9.17, 15) is 0 Å². The van der Waals surface area contributed by atoms with E-state index in [0.717, 1.165) is 6.42 Å². The van der Waals surface area contributed by atoms with Gasteiger partial charge in [0.15, 0.2) is 0 Å². The highest BCUT2D eigenvalue weighted by atomic mass is 32.1. The van der Waals surface area contributed by atoms with Crippen LogP contribution in [0.1, 0.15) is 41.8 Å². The summed E-state index contributed by atoms with van der Waals surface area (Å²) in [5.74, 6) is 0. The van der Waals surface area contributed by atoms with Gasteiger partial charge in [-0.2, -0.15) is 0 Å². The summed E-state index contributed by atoms with van der Waals surface area (Å²) in [6, 6.07) is 0. The summed E-state index contributed by atoms with van der Waals surface area (Å²) in [6.07, 6.45) is 0.955. The molecule has 150 valence electrons. The smallest absolute Gasteiger partial charge is 0.0731 e. The Hall–Kier alpha value is -0.760. The lowest BCUT2D eigenvalue weighted by Gasteiger charge is -2.11. The molecule has 0 fully saturated rings. The molecular weight excluding hydrogens is 380 g/mol. The van der Waals surface area contributed by atoms with Crippen LogP contribution >= 0.6 is 22.7 Å². The van der Waals surface area contributed by atoms with E-state index < -0.39 is 0 Å². The molecule has 0 saturated carbocycles. The molecule has 0 saturated heterocycles. The third kappa shape index (κ3) is 5.40. The Kier molecular flexibility index (Phi) is 7.87. The summed E-state index contributed by atoms with van der Waals surface area (Å²) in [4.78, 5) is 5.50. The average Bonchev–Trinajstić information content (AvgIpc) is 3.04. The number of ether oxygens (including phenoxy) is 4. The molecule has 0 spiro atoms. The van der Waals surface area contributed by atoms with E-state index in [0.29, 0.717) is 52.9 Å². The van der Waals surface area contributed by atoms with E-state index >= 15 is 0 Å². The standard InChI is InChI=1S/C21H30O4S2/c1-14-18-11-19-15(2)27-17(4)21(19)13-25-10-8-23-6-5-22-7-9-24-12-20(18)16(3)26-14/h5-13H2,1-4H3. The van der Waals surface area contributed by atoms with Crippen LogP contribution in [-0.4, -0.2) is 39.6 Å². The predicted octanol–water partition coefficient (Wildman–Crippen LogP) is 4.71. The summed E-state index contributed by atoms with van der Waals surface area (Å²) in [6.45, 7) is 13.8. The van der Waals surface area contributed by atoms with Crippen molar-refractivity contribution < 1.29 is 18.9 Å². The maximum absolute atomic E-state index is 5.92. The minimum atomic E-state index is 0.595. The molecule has 0 atom stereocenters. The number of rotatable bonds is 0. The van der Waals surface area contributed by atoms with Crippen molar-refractivity contribution in [1.29, 1.82) is 0 Å². The first-order valence-electron chi connectivity index (χ1n) is 9.54. The Morgan fingerprint density at radius 2 is 0.815 bits per heavy atom. The molecule has 4 nitrogen and oxygen atoms in total. The fraction of sp³-hybridized carbons (Fsp3) is 0.619. The van der Waals surface area contributed by atoms with Gasteiger partial charge in [-0.3, -0.25) is 0 Å². The van der Waals surface area contributed by atoms with Crippen molar-refractivity contribution in [3.05, 3.63) is 41.8 Å². The molecule has 6 heteroatoms. The van der Waals surface area contributed by atoms with Crippen LogP contribution < -0.4 is 0 Å². The molecular formula is C21H30O4S2. The van der Waals surface area contributed by atoms with Crippen molar-refractivity contribution in [3.8, 4) is 0 Å². The summed E-state index contributed by atoms with van der Waals surface area (Å²) >= 11 is 3.75. The number of hydrogen-bond donors (Lipinski definition) is 0. The minimum absolute atomic E-state index is 0.595. The Morgan fingerprint density at radius 1 is 0.481 bits per heavy atom. The fourth-order valence-electron chi connectivity index (χ4n) is 3.48. The van der Waals surface area contributed by atoms with E-state index in [1.807, 2.05) is 22.7 Å². The maximum Gasteiger partial charge on any atom is 0.0731 e. The second-order valence-corrected chi connectivity index (χ2v) is 9.71. The number of hydrogen-bond acceptors (Lipinski definition) is 6. The molecule has 0 unspecified atom stereocenters. The first-order valence-corrected chi connectivity index (χ1v) is 11.2. The zero-order valence-electron chi connectivity index (χ0n) is 16.8. The molecule has 0 aliphatic carbocycles. The fourth-order valence-corrected chi connectivity index (χ4v) is 5.64. The van der Waals surface area contributed by atoms with Gasteiger partial charge < -0.3 is 18.9 Å². The predicted molar refractivity (Wildman–Crippen MR) is 111 cm³/mol. The van der Waals surface area contributed by atoms with Gasteiger partial charge in [0.05, 0.1) is 52.9 Å². The van der Waals surface area contributed by atoms with Crippen LogP contribution in [-0.2, 0) is 38.6 Å². The molecule has 0 bridgehead atoms. The molecule has 3 rings (SSSR count). The van der Waals surface area contributed by atoms with Crippen LogP contribution in [0, 0.1) is 27.7 Å². The van der Waals surface area contributed by atoms with Crippen LogP contribution in [0.2, 0.25) is 0 Å². The van der Waals surface area contributed by atoms with Crippen molar-refractivity contribution in [2.75, 3.05) is 39.6 Å². The molecule has 0 amide bonds. The van der Waals surface area contributed by atoms with Gasteiger partial charge in [-0.05, 0) is 49.9 Å². The van der Waals surface area contributed by atoms with Crippen LogP contribution in [0.4, 0.5) is 0 Å². The highest BCUT2D eigenvalue weighted by Gasteiger charge is 2.19. The molecule has 0 aromatic carbocycles. The minimum Gasteiger partial charge on any atom is -0.377 e. The van der Waals surface area contributed by atoms with Crippen molar-refractivity contribution in [2.24, 2.45) is 0 Å². The highest BCUT2D eigenvalue weighted by Crippen LogP contribution is 2.35. The third-order valence-electron chi connectivity index (χ3n) is 5.00. The van der Waals surface area contributed by atoms with Gasteiger partial charge in [-0.25, -0.2) is 0 Å². The molecule has 0 radical (unpaired) electrons. The summed E-state index contributed by atoms with van der Waals surface area (Å²) in [5, 5.41) is 0. The molecule has 3 heterocycles. The van der Waals surface area contributed by atoms with Gasteiger partial charge in [0.1, 0.15) is 0 Å². The lowest BCUT2D eigenvalue weighted by atomic mass is 9.97. The van der Waals surface area contributed by atoms with E-state index in [-0.39, 0.29) is 0 Å². The van der Waals surface area contributed by atoms with Crippen molar-refractivity contribution in [2.45, 2.75) is 47.3 Å². The molecule has 27 heavy (non-hydrogen) atoms. The molecule has 2 aromatic heterocycles. The second-order valence-electron chi connectivity index (χ2n) is 6.85. The molecule has 0 N–H and O–H groups in total. The van der Waals surface area contributed by atoms with Gasteiger partial charge >= 0.3 is 0 Å². The Bertz CT molecular complexity index is 686. The Balaban J connectivity index is 1.86. The largest absolute Gasteiger partial charge is 0.377 e. The van der Waals surface area contributed by atoms with Gasteiger partial charge in [-0.1, -0.05) is 0 Å². The SMILES string of the molecule is Cc1sc(C)c2c1COCCOCCOCCOCc1c(C)sc(C)c1C2. The quantitative estimate of drug-likeness (QED) is 0.630. The summed E-state index contributed by atoms with van der Waals surface area (Å²) < 4.78 is 23.0. The summed E-state index contributed by atoms with van der Waals surface area (Å²) in [5.41, 5.74) is 5.54. The Labute approximate surface area is 170 Å². The lowest BCUT2D eigenvalue weighted by Crippen LogP contribution is -2.11. The number of thiophene rings is 2. The summed E-state index contributed by atoms with van der Waals surface area (Å²) in [7, 11) is 0. The van der Waals surface area contributed by atoms with E-state index in [1.54, 1.807) is 0 Å². The van der Waals surface area contributed by atoms with E-state index in [1.165, 1.54) is 41.8 Å². The van der Waals surface area contributed by atoms with Crippen LogP contribution in [0.25, 0.3) is 0 Å². The third-order valence-corrected chi connectivity index (χ3v) is 7.21. The van der Waals surface area contributed by atoms with Crippen molar-refractivity contribution in [3.63, 3.8) is 0 Å². The topological polar surface area (TPSA) is 36.9 Å². The van der Waals surface area contributed by atoms with Gasteiger partial charge in [0.2, 0.25) is 0 Å². The zero-order valence-corrected chi connectivity index (χ0v) is 18.4. The number of fused-ring (bicyclic) bond motifs is 2. The zero-order chi connectivity index (χ0) is 19.2. The van der Waals surface area contributed by atoms with Crippen molar-refractivity contribution in [1.82, 2.24) is 0 Å². The molecule has 1 aliphatic heterocycles. The second kappa shape index (κ2) is 10.1. The first kappa shape index (κ1) is 21.0. The maximum atomic E-state index is 5.92. The van der Waals surface area contributed by atoms with E-state index in [2.05, 4.69) is 27.7 Å². The monoisotopic (exact) mass is 410 g/mol.